The van der Waals surface area contributed by atoms with Crippen LogP contribution in [0, 0.1) is 0 Å². The van der Waals surface area contributed by atoms with Crippen LogP contribution in [0.15, 0.2) is 17.1 Å². The highest BCUT2D eigenvalue weighted by Gasteiger charge is 2.35. The summed E-state index contributed by atoms with van der Waals surface area (Å²) in [5, 5.41) is 9.37. The Labute approximate surface area is 169 Å². The third-order valence-corrected chi connectivity index (χ3v) is 6.17. The molecule has 0 aromatic rings. The summed E-state index contributed by atoms with van der Waals surface area (Å²) in [6, 6.07) is 0. The molecule has 1 N–H and O–H groups in total. The van der Waals surface area contributed by atoms with Gasteiger partial charge >= 0.3 is 0 Å². The van der Waals surface area contributed by atoms with Crippen molar-refractivity contribution in [3.8, 4) is 0 Å². The Balaban J connectivity index is 1.94. The first-order valence-electron chi connectivity index (χ1n) is 11.9. The molecule has 1 atom stereocenters. The van der Waals surface area contributed by atoms with E-state index in [9.17, 15) is 5.11 Å². The lowest BCUT2D eigenvalue weighted by molar-refractivity contribution is -0.835. The van der Waals surface area contributed by atoms with Crippen LogP contribution in [-0.4, -0.2) is 48.2 Å². The van der Waals surface area contributed by atoms with Gasteiger partial charge in [0.15, 0.2) is 5.84 Å². The highest BCUT2D eigenvalue weighted by molar-refractivity contribution is 5.76. The fraction of sp³-hybridized carbons (Fsp3) is 0.875. The monoisotopic (exact) mass is 379 g/mol. The van der Waals surface area contributed by atoms with Gasteiger partial charge in [-0.25, -0.2) is 4.99 Å². The number of likely N-dealkylation sites (N-methyl/N-ethyl adjacent to an activating group) is 1. The first-order chi connectivity index (χ1) is 13.3. The summed E-state index contributed by atoms with van der Waals surface area (Å²) >= 11 is 0. The minimum atomic E-state index is 0.277. The van der Waals surface area contributed by atoms with Crippen LogP contribution < -0.4 is 0 Å². The largest absolute Gasteiger partial charge is 0.390 e. The Morgan fingerprint density at radius 3 is 2.04 bits per heavy atom. The fourth-order valence-corrected chi connectivity index (χ4v) is 4.25. The molecule has 3 heteroatoms. The van der Waals surface area contributed by atoms with Crippen LogP contribution in [0.3, 0.4) is 0 Å². The van der Waals surface area contributed by atoms with Gasteiger partial charge in [-0.2, -0.15) is 0 Å². The minimum Gasteiger partial charge on any atom is -0.390 e. The van der Waals surface area contributed by atoms with Gasteiger partial charge < -0.3 is 5.11 Å². The normalized spacial score (nSPS) is 19.9. The van der Waals surface area contributed by atoms with Gasteiger partial charge in [0.2, 0.25) is 0 Å². The van der Waals surface area contributed by atoms with E-state index in [0.29, 0.717) is 0 Å². The Morgan fingerprint density at radius 1 is 0.852 bits per heavy atom. The lowest BCUT2D eigenvalue weighted by Gasteiger charge is -2.33. The summed E-state index contributed by atoms with van der Waals surface area (Å²) in [5.74, 6) is 1.35. The molecule has 27 heavy (non-hydrogen) atoms. The van der Waals surface area contributed by atoms with Crippen molar-refractivity contribution in [3.63, 3.8) is 0 Å². The van der Waals surface area contributed by atoms with Gasteiger partial charge in [-0.05, 0) is 39.0 Å². The molecule has 0 amide bonds. The Bertz CT molecular complexity index is 405. The van der Waals surface area contributed by atoms with Crippen LogP contribution in [0.2, 0.25) is 0 Å². The number of amidine groups is 1. The van der Waals surface area contributed by atoms with Gasteiger partial charge in [-0.3, -0.25) is 4.48 Å². The predicted octanol–water partition coefficient (Wildman–Crippen LogP) is 6.27. The first-order valence-corrected chi connectivity index (χ1v) is 11.9. The number of hydrogen-bond donors (Lipinski definition) is 1. The molecule has 1 rings (SSSR count). The van der Waals surface area contributed by atoms with Gasteiger partial charge in [-0.1, -0.05) is 70.4 Å². The number of quaternary nitrogens is 1. The topological polar surface area (TPSA) is 32.6 Å². The number of aliphatic hydroxyl groups is 1. The summed E-state index contributed by atoms with van der Waals surface area (Å²) in [4.78, 5) is 4.75. The highest BCUT2D eigenvalue weighted by Crippen LogP contribution is 2.19. The van der Waals surface area contributed by atoms with E-state index in [1.165, 1.54) is 89.3 Å². The molecule has 0 saturated heterocycles. The van der Waals surface area contributed by atoms with Crippen LogP contribution in [0.25, 0.3) is 0 Å². The quantitative estimate of drug-likeness (QED) is 0.170. The number of allylic oxidation sites excluding steroid dienone is 2. The number of aliphatic hydroxyl groups excluding tert-OH is 1. The summed E-state index contributed by atoms with van der Waals surface area (Å²) in [7, 11) is 0. The van der Waals surface area contributed by atoms with Crippen LogP contribution in [0.1, 0.15) is 104 Å². The molecular weight excluding hydrogens is 332 g/mol. The number of rotatable bonds is 18. The van der Waals surface area contributed by atoms with Gasteiger partial charge in [-0.15, -0.1) is 0 Å². The maximum Gasteiger partial charge on any atom is 0.198 e. The molecule has 1 unspecified atom stereocenters. The van der Waals surface area contributed by atoms with Gasteiger partial charge in [0.05, 0.1) is 19.7 Å². The maximum absolute atomic E-state index is 9.37. The van der Waals surface area contributed by atoms with E-state index in [4.69, 9.17) is 4.99 Å². The van der Waals surface area contributed by atoms with Gasteiger partial charge in [0, 0.05) is 6.42 Å². The summed E-state index contributed by atoms with van der Waals surface area (Å²) in [6.45, 7) is 8.76. The first kappa shape index (κ1) is 24.4. The average Bonchev–Trinajstić information content (AvgIpc) is 3.08. The van der Waals surface area contributed by atoms with Crippen LogP contribution >= 0.6 is 0 Å². The predicted molar refractivity (Wildman–Crippen MR) is 119 cm³/mol. The molecule has 0 radical (unpaired) electrons. The fourth-order valence-electron chi connectivity index (χ4n) is 4.25. The van der Waals surface area contributed by atoms with E-state index in [2.05, 4.69) is 26.0 Å². The molecule has 0 saturated carbocycles. The molecule has 0 aromatic heterocycles. The van der Waals surface area contributed by atoms with Crippen molar-refractivity contribution in [2.24, 2.45) is 4.99 Å². The minimum absolute atomic E-state index is 0.277. The molecule has 0 aliphatic carbocycles. The lowest BCUT2D eigenvalue weighted by Crippen LogP contribution is -2.52. The zero-order chi connectivity index (χ0) is 19.6. The third-order valence-electron chi connectivity index (χ3n) is 6.17. The molecule has 1 aliphatic rings. The van der Waals surface area contributed by atoms with E-state index in [1.54, 1.807) is 0 Å². The lowest BCUT2D eigenvalue weighted by atomic mass is 10.1. The zero-order valence-electron chi connectivity index (χ0n) is 18.4. The van der Waals surface area contributed by atoms with E-state index in [0.717, 1.165) is 37.1 Å². The van der Waals surface area contributed by atoms with Crippen molar-refractivity contribution in [3.05, 3.63) is 12.2 Å². The van der Waals surface area contributed by atoms with Crippen molar-refractivity contribution in [1.82, 2.24) is 0 Å². The van der Waals surface area contributed by atoms with Gasteiger partial charge in [0.1, 0.15) is 13.1 Å². The number of hydrogen-bond acceptors (Lipinski definition) is 2. The molecule has 0 bridgehead atoms. The third kappa shape index (κ3) is 10.4. The highest BCUT2D eigenvalue weighted by atomic mass is 16.3. The smallest absolute Gasteiger partial charge is 0.198 e. The average molecular weight is 380 g/mol. The molecule has 1 aliphatic heterocycles. The van der Waals surface area contributed by atoms with Crippen molar-refractivity contribution < 1.29 is 9.59 Å². The van der Waals surface area contributed by atoms with E-state index >= 15 is 0 Å². The van der Waals surface area contributed by atoms with Crippen molar-refractivity contribution in [2.45, 2.75) is 104 Å². The van der Waals surface area contributed by atoms with E-state index < -0.39 is 0 Å². The second-order valence-corrected chi connectivity index (χ2v) is 8.26. The summed E-state index contributed by atoms with van der Waals surface area (Å²) < 4.78 is 0.944. The molecule has 0 aromatic carbocycles. The van der Waals surface area contributed by atoms with Crippen LogP contribution in [0.4, 0.5) is 0 Å². The number of unbranched alkanes of at least 4 members (excludes halogenated alkanes) is 11. The van der Waals surface area contributed by atoms with Gasteiger partial charge in [0.25, 0.3) is 0 Å². The van der Waals surface area contributed by atoms with E-state index in [-0.39, 0.29) is 6.61 Å². The van der Waals surface area contributed by atoms with Crippen molar-refractivity contribution in [2.75, 3.05) is 32.8 Å². The Morgan fingerprint density at radius 2 is 1.44 bits per heavy atom. The van der Waals surface area contributed by atoms with Crippen LogP contribution in [-0.2, 0) is 0 Å². The maximum atomic E-state index is 9.37. The molecule has 0 spiro atoms. The zero-order valence-corrected chi connectivity index (χ0v) is 18.4. The Kier molecular flexibility index (Phi) is 14.7. The second kappa shape index (κ2) is 16.3. The second-order valence-electron chi connectivity index (χ2n) is 8.26. The molecule has 1 heterocycles. The molecule has 3 nitrogen and oxygen atoms in total. The van der Waals surface area contributed by atoms with Crippen molar-refractivity contribution in [1.29, 1.82) is 0 Å². The van der Waals surface area contributed by atoms with Crippen molar-refractivity contribution >= 4 is 5.84 Å². The molecule has 0 fully saturated rings. The van der Waals surface area contributed by atoms with Crippen LogP contribution in [0.5, 0.6) is 0 Å². The number of nitrogens with zero attached hydrogens (tertiary/aromatic N) is 2. The number of aliphatic imine (C=N–C) groups is 1. The standard InChI is InChI=1S/C24H47N2O/c1-3-5-6-7-8-9-10-11-12-13-14-15-16-17-18-19-24-25-20-21-26(24,4-2)22-23-27/h11-12,27H,3-10,13-23H2,1-2H3/q+1. The van der Waals surface area contributed by atoms with E-state index in [1.807, 2.05) is 0 Å². The SMILES string of the molecule is CCCCCCCCC=CCCCCCCCC1=NCC[N+]1(CC)CCO. The molecular formula is C24H47N2O+. The Hall–Kier alpha value is -0.670. The summed E-state index contributed by atoms with van der Waals surface area (Å²) in [6.07, 6.45) is 23.5. The summed E-state index contributed by atoms with van der Waals surface area (Å²) in [5.41, 5.74) is 0. The molecule has 158 valence electrons.